The van der Waals surface area contributed by atoms with Gasteiger partial charge in [-0.2, -0.15) is 0 Å². The van der Waals surface area contributed by atoms with E-state index in [4.69, 9.17) is 10.5 Å². The smallest absolute Gasteiger partial charge is 0.326 e. The lowest BCUT2D eigenvalue weighted by Gasteiger charge is -2.31. The summed E-state index contributed by atoms with van der Waals surface area (Å²) < 4.78 is 34.1. The zero-order valence-electron chi connectivity index (χ0n) is 22.2. The fourth-order valence-corrected chi connectivity index (χ4v) is 3.86. The molecule has 0 bridgehead atoms. The average Bonchev–Trinajstić information content (AvgIpc) is 2.83. The fourth-order valence-electron chi connectivity index (χ4n) is 3.86. The molecular formula is C29H33F2N3O4. The molecule has 3 rings (SSSR count). The number of carbonyl (C=O) groups excluding carboxylic acids is 2. The third kappa shape index (κ3) is 6.52. The Morgan fingerprint density at radius 2 is 1.61 bits per heavy atom. The Hall–Kier alpha value is -3.85. The maximum atomic E-state index is 14.2. The Bertz CT molecular complexity index is 1390. The minimum absolute atomic E-state index is 0.0793. The first-order valence-electron chi connectivity index (χ1n) is 12.3. The molecule has 7 nitrogen and oxygen atoms in total. The quantitative estimate of drug-likeness (QED) is 0.313. The molecule has 38 heavy (non-hydrogen) atoms. The second-order valence-electron chi connectivity index (χ2n) is 10.3. The molecule has 1 atom stereocenters. The van der Waals surface area contributed by atoms with Crippen LogP contribution in [-0.4, -0.2) is 34.0 Å². The van der Waals surface area contributed by atoms with Crippen LogP contribution >= 0.6 is 0 Å². The molecule has 0 saturated carbocycles. The Balaban J connectivity index is 1.77. The summed E-state index contributed by atoms with van der Waals surface area (Å²) >= 11 is 0. The number of nitrogens with zero attached hydrogens (tertiary/aromatic N) is 1. The van der Waals surface area contributed by atoms with Crippen LogP contribution in [-0.2, 0) is 16.0 Å². The molecule has 9 heteroatoms. The number of nitrogens with one attached hydrogen (secondary N) is 1. The summed E-state index contributed by atoms with van der Waals surface area (Å²) in [5.74, 6) is -3.06. The van der Waals surface area contributed by atoms with Crippen molar-refractivity contribution < 1.29 is 23.1 Å². The minimum atomic E-state index is -1.02. The number of benzene rings is 2. The van der Waals surface area contributed by atoms with Crippen molar-refractivity contribution >= 4 is 17.6 Å². The normalized spacial score (nSPS) is 13.1. The fraction of sp³-hybridized carbons (Fsp3) is 0.345. The number of aromatic nitrogens is 1. The van der Waals surface area contributed by atoms with Gasteiger partial charge in [0.05, 0.1) is 16.8 Å². The van der Waals surface area contributed by atoms with Gasteiger partial charge >= 0.3 is 5.97 Å². The van der Waals surface area contributed by atoms with Crippen molar-refractivity contribution in [3.63, 3.8) is 0 Å². The van der Waals surface area contributed by atoms with Gasteiger partial charge in [-0.25, -0.2) is 8.78 Å². The number of ketones is 1. The number of halogens is 2. The van der Waals surface area contributed by atoms with Crippen LogP contribution in [0, 0.1) is 11.6 Å². The summed E-state index contributed by atoms with van der Waals surface area (Å²) in [6, 6.07) is 12.0. The lowest BCUT2D eigenvalue weighted by Crippen LogP contribution is -2.52. The molecule has 0 unspecified atom stereocenters. The minimum Gasteiger partial charge on any atom is -0.459 e. The van der Waals surface area contributed by atoms with Gasteiger partial charge < -0.3 is 15.8 Å². The average molecular weight is 526 g/mol. The highest BCUT2D eigenvalue weighted by Crippen LogP contribution is 2.22. The molecule has 202 valence electrons. The molecule has 1 heterocycles. The number of hydrogen-bond donors (Lipinski definition) is 2. The Morgan fingerprint density at radius 1 is 0.974 bits per heavy atom. The summed E-state index contributed by atoms with van der Waals surface area (Å²) in [6.07, 6.45) is 1.16. The maximum Gasteiger partial charge on any atom is 0.326 e. The molecule has 0 aliphatic carbocycles. The highest BCUT2D eigenvalue weighted by molar-refractivity contribution is 6.11. The van der Waals surface area contributed by atoms with Crippen molar-refractivity contribution in [2.75, 3.05) is 12.3 Å². The molecule has 0 saturated heterocycles. The van der Waals surface area contributed by atoms with Crippen molar-refractivity contribution in [2.45, 2.75) is 58.6 Å². The number of anilines is 1. The number of pyridine rings is 1. The molecule has 2 aromatic carbocycles. The Labute approximate surface area is 220 Å². The Kier molecular flexibility index (Phi) is 8.51. The molecule has 0 aliphatic heterocycles. The first kappa shape index (κ1) is 28.7. The molecular weight excluding hydrogens is 492 g/mol. The summed E-state index contributed by atoms with van der Waals surface area (Å²) in [4.78, 5) is 38.1. The predicted octanol–water partition coefficient (Wildman–Crippen LogP) is 4.57. The topological polar surface area (TPSA) is 103 Å². The van der Waals surface area contributed by atoms with E-state index in [2.05, 4.69) is 5.32 Å². The summed E-state index contributed by atoms with van der Waals surface area (Å²) in [5.41, 5.74) is 5.23. The SMILES string of the molecule is CC[C@@](C)(NCCc1ccc(-n2c(N)c(C(=O)c3ccc(F)cc3F)ccc2=O)cc1)C(=O)OC(C)(C)C. The van der Waals surface area contributed by atoms with E-state index in [0.717, 1.165) is 22.3 Å². The van der Waals surface area contributed by atoms with Gasteiger partial charge in [-0.15, -0.1) is 0 Å². The molecule has 0 radical (unpaired) electrons. The van der Waals surface area contributed by atoms with Gasteiger partial charge in [0, 0.05) is 18.7 Å². The number of hydrogen-bond acceptors (Lipinski definition) is 6. The van der Waals surface area contributed by atoms with E-state index in [-0.39, 0.29) is 22.9 Å². The van der Waals surface area contributed by atoms with Gasteiger partial charge in [-0.05, 0) is 76.4 Å². The van der Waals surface area contributed by atoms with Gasteiger partial charge in [0.2, 0.25) is 0 Å². The van der Waals surface area contributed by atoms with E-state index in [0.29, 0.717) is 31.1 Å². The maximum absolute atomic E-state index is 14.2. The first-order valence-corrected chi connectivity index (χ1v) is 12.3. The van der Waals surface area contributed by atoms with Gasteiger partial charge in [-0.1, -0.05) is 19.1 Å². The zero-order chi connectivity index (χ0) is 28.3. The number of carbonyl (C=O) groups is 2. The molecule has 1 aromatic heterocycles. The highest BCUT2D eigenvalue weighted by Gasteiger charge is 2.34. The second kappa shape index (κ2) is 11.3. The van der Waals surface area contributed by atoms with Gasteiger partial charge in [0.25, 0.3) is 5.56 Å². The van der Waals surface area contributed by atoms with E-state index in [1.807, 2.05) is 46.8 Å². The third-order valence-corrected chi connectivity index (χ3v) is 6.23. The van der Waals surface area contributed by atoms with Crippen molar-refractivity contribution in [3.05, 3.63) is 93.3 Å². The van der Waals surface area contributed by atoms with Crippen LogP contribution in [0.1, 0.15) is 62.5 Å². The summed E-state index contributed by atoms with van der Waals surface area (Å²) in [5, 5.41) is 3.28. The lowest BCUT2D eigenvalue weighted by molar-refractivity contribution is -0.162. The summed E-state index contributed by atoms with van der Waals surface area (Å²) in [6.45, 7) is 9.72. The molecule has 0 aliphatic rings. The second-order valence-corrected chi connectivity index (χ2v) is 10.3. The van der Waals surface area contributed by atoms with Crippen molar-refractivity contribution in [3.8, 4) is 5.69 Å². The number of ether oxygens (including phenoxy) is 1. The number of nitrogens with two attached hydrogens (primary N) is 1. The van der Waals surface area contributed by atoms with Crippen LogP contribution in [0.2, 0.25) is 0 Å². The molecule has 0 amide bonds. The van der Waals surface area contributed by atoms with E-state index in [1.165, 1.54) is 12.1 Å². The van der Waals surface area contributed by atoms with Crippen LogP contribution in [0.25, 0.3) is 5.69 Å². The van der Waals surface area contributed by atoms with Crippen LogP contribution in [0.5, 0.6) is 0 Å². The van der Waals surface area contributed by atoms with E-state index < -0.39 is 34.1 Å². The standard InChI is InChI=1S/C29H33F2N3O4/c1-6-29(5,27(37)38-28(2,3)4)33-16-15-18-7-10-20(11-8-18)34-24(35)14-13-22(26(34)32)25(36)21-12-9-19(30)17-23(21)31/h7-14,17,33H,6,15-16,32H2,1-5H3/t29-/m1/s1. The number of rotatable bonds is 9. The number of esters is 1. The van der Waals surface area contributed by atoms with E-state index in [9.17, 15) is 23.2 Å². The zero-order valence-corrected chi connectivity index (χ0v) is 22.2. The van der Waals surface area contributed by atoms with Crippen LogP contribution in [0.15, 0.2) is 59.4 Å². The van der Waals surface area contributed by atoms with Gasteiger partial charge in [0.15, 0.2) is 5.78 Å². The monoisotopic (exact) mass is 525 g/mol. The molecule has 0 fully saturated rings. The van der Waals surface area contributed by atoms with Crippen LogP contribution in [0.4, 0.5) is 14.6 Å². The van der Waals surface area contributed by atoms with Crippen molar-refractivity contribution in [1.82, 2.24) is 9.88 Å². The van der Waals surface area contributed by atoms with Gasteiger partial charge in [0.1, 0.15) is 28.6 Å². The van der Waals surface area contributed by atoms with Crippen molar-refractivity contribution in [1.29, 1.82) is 0 Å². The lowest BCUT2D eigenvalue weighted by atomic mass is 9.98. The highest BCUT2D eigenvalue weighted by atomic mass is 19.1. The summed E-state index contributed by atoms with van der Waals surface area (Å²) in [7, 11) is 0. The van der Waals surface area contributed by atoms with Crippen molar-refractivity contribution in [2.24, 2.45) is 0 Å². The predicted molar refractivity (Wildman–Crippen MR) is 142 cm³/mol. The third-order valence-electron chi connectivity index (χ3n) is 6.23. The first-order chi connectivity index (χ1) is 17.8. The van der Waals surface area contributed by atoms with E-state index >= 15 is 0 Å². The molecule has 3 N–H and O–H groups in total. The number of nitrogen functional groups attached to an aromatic ring is 1. The Morgan fingerprint density at radius 3 is 2.18 bits per heavy atom. The van der Waals surface area contributed by atoms with Crippen LogP contribution < -0.4 is 16.6 Å². The van der Waals surface area contributed by atoms with Gasteiger partial charge in [-0.3, -0.25) is 19.0 Å². The van der Waals surface area contributed by atoms with Crippen LogP contribution in [0.3, 0.4) is 0 Å². The largest absolute Gasteiger partial charge is 0.459 e. The van der Waals surface area contributed by atoms with E-state index in [1.54, 1.807) is 12.1 Å². The molecule has 3 aromatic rings. The molecule has 0 spiro atoms.